The molecule has 11 heteroatoms. The number of halogens is 1. The molecular formula is C38H46ClN3O7. The number of amides is 3. The van der Waals surface area contributed by atoms with Gasteiger partial charge in [0.05, 0.1) is 36.6 Å². The second-order valence-corrected chi connectivity index (χ2v) is 13.9. The number of nitrogens with one attached hydrogen (secondary N) is 1. The molecule has 0 radical (unpaired) electrons. The Balaban J connectivity index is 1.50. The van der Waals surface area contributed by atoms with Crippen LogP contribution in [0, 0.1) is 17.8 Å². The Bertz CT molecular complexity index is 1530. The van der Waals surface area contributed by atoms with Crippen molar-refractivity contribution in [3.63, 3.8) is 0 Å². The molecule has 3 fully saturated rings. The van der Waals surface area contributed by atoms with Crippen LogP contribution in [-0.2, 0) is 28.7 Å². The van der Waals surface area contributed by atoms with Crippen LogP contribution in [-0.4, -0.2) is 77.2 Å². The van der Waals surface area contributed by atoms with Crippen molar-refractivity contribution in [2.75, 3.05) is 24.7 Å². The highest BCUT2D eigenvalue weighted by Gasteiger charge is 2.75. The fourth-order valence-electron chi connectivity index (χ4n) is 7.75. The highest BCUT2D eigenvalue weighted by molar-refractivity contribution is 6.30. The van der Waals surface area contributed by atoms with Crippen LogP contribution in [0.25, 0.3) is 0 Å². The first-order valence-electron chi connectivity index (χ1n) is 17.0. The molecule has 5 rings (SSSR count). The Kier molecular flexibility index (Phi) is 11.6. The Morgan fingerprint density at radius 2 is 1.86 bits per heavy atom. The second kappa shape index (κ2) is 15.7. The molecular weight excluding hydrogens is 646 g/mol. The molecule has 262 valence electrons. The molecule has 10 nitrogen and oxygen atoms in total. The number of nitrogens with zero attached hydrogens (tertiary/aromatic N) is 2. The molecule has 3 amide bonds. The number of anilines is 1. The number of carbonyl (C=O) groups excluding carboxylic acids is 4. The van der Waals surface area contributed by atoms with E-state index in [2.05, 4.69) is 18.5 Å². The van der Waals surface area contributed by atoms with Crippen LogP contribution in [0.3, 0.4) is 0 Å². The summed E-state index contributed by atoms with van der Waals surface area (Å²) in [4.78, 5) is 59.2. The van der Waals surface area contributed by atoms with Gasteiger partial charge in [-0.1, -0.05) is 67.9 Å². The second-order valence-electron chi connectivity index (χ2n) is 13.5. The van der Waals surface area contributed by atoms with Gasteiger partial charge in [0.25, 0.3) is 5.91 Å². The minimum atomic E-state index is -1.28. The molecule has 0 aromatic heterocycles. The van der Waals surface area contributed by atoms with Gasteiger partial charge in [0.15, 0.2) is 0 Å². The fourth-order valence-corrected chi connectivity index (χ4v) is 7.87. The van der Waals surface area contributed by atoms with E-state index < -0.39 is 53.5 Å². The molecule has 2 aromatic carbocycles. The van der Waals surface area contributed by atoms with Crippen molar-refractivity contribution < 1.29 is 33.8 Å². The average molecular weight is 692 g/mol. The van der Waals surface area contributed by atoms with Gasteiger partial charge in [0.2, 0.25) is 11.8 Å². The van der Waals surface area contributed by atoms with Gasteiger partial charge in [0, 0.05) is 23.7 Å². The Hall–Kier alpha value is -3.99. The summed E-state index contributed by atoms with van der Waals surface area (Å²) in [5.74, 6) is -3.34. The zero-order valence-corrected chi connectivity index (χ0v) is 28.9. The highest BCUT2D eigenvalue weighted by Crippen LogP contribution is 2.59. The van der Waals surface area contributed by atoms with E-state index in [9.17, 15) is 24.3 Å². The van der Waals surface area contributed by atoms with Gasteiger partial charge in [-0.25, -0.2) is 0 Å². The van der Waals surface area contributed by atoms with Crippen LogP contribution in [0.5, 0.6) is 0 Å². The molecule has 2 N–H and O–H groups in total. The molecule has 0 unspecified atom stereocenters. The molecule has 3 heterocycles. The summed E-state index contributed by atoms with van der Waals surface area (Å²) in [7, 11) is 0. The van der Waals surface area contributed by atoms with E-state index in [1.807, 2.05) is 44.2 Å². The minimum Gasteiger partial charge on any atom is -0.463 e. The molecule has 2 aromatic rings. The van der Waals surface area contributed by atoms with Crippen molar-refractivity contribution in [3.8, 4) is 0 Å². The van der Waals surface area contributed by atoms with E-state index in [0.717, 1.165) is 5.56 Å². The summed E-state index contributed by atoms with van der Waals surface area (Å²) < 4.78 is 12.2. The SMILES string of the molecule is C=CCCC(=O)OC[C@@H](NC(=O)[C@@H]1[C@H]2C(=O)N([C@@H](CO)CC(C)C)[C@H](C(=O)N(CC=C)c3ccc(Cl)cc3)[C@]23CC[C@H]1O3)c1ccccc1. The zero-order valence-electron chi connectivity index (χ0n) is 28.1. The maximum atomic E-state index is 14.8. The number of aliphatic hydroxyl groups excluding tert-OH is 1. The van der Waals surface area contributed by atoms with E-state index in [1.165, 1.54) is 4.90 Å². The van der Waals surface area contributed by atoms with Crippen molar-refractivity contribution in [1.29, 1.82) is 0 Å². The lowest BCUT2D eigenvalue weighted by molar-refractivity contribution is -0.146. The summed E-state index contributed by atoms with van der Waals surface area (Å²) in [6, 6.07) is 13.6. The molecule has 3 aliphatic heterocycles. The van der Waals surface area contributed by atoms with Crippen LogP contribution in [0.4, 0.5) is 5.69 Å². The van der Waals surface area contributed by atoms with Gasteiger partial charge in [-0.2, -0.15) is 0 Å². The average Bonchev–Trinajstić information content (AvgIpc) is 3.74. The molecule has 0 saturated carbocycles. The first-order valence-corrected chi connectivity index (χ1v) is 17.3. The van der Waals surface area contributed by atoms with Crippen LogP contribution >= 0.6 is 11.6 Å². The first-order chi connectivity index (χ1) is 23.6. The molecule has 1 spiro atoms. The van der Waals surface area contributed by atoms with E-state index >= 15 is 0 Å². The van der Waals surface area contributed by atoms with Gasteiger partial charge in [-0.05, 0) is 61.4 Å². The van der Waals surface area contributed by atoms with Crippen molar-refractivity contribution >= 4 is 41.0 Å². The Morgan fingerprint density at radius 3 is 2.49 bits per heavy atom. The van der Waals surface area contributed by atoms with Crippen molar-refractivity contribution in [3.05, 3.63) is 90.5 Å². The lowest BCUT2D eigenvalue weighted by Crippen LogP contribution is -2.59. The molecule has 3 saturated heterocycles. The van der Waals surface area contributed by atoms with Crippen LogP contribution in [0.15, 0.2) is 79.9 Å². The predicted octanol–water partition coefficient (Wildman–Crippen LogP) is 5.01. The summed E-state index contributed by atoms with van der Waals surface area (Å²) in [6.07, 6.45) is 4.61. The van der Waals surface area contributed by atoms with E-state index in [-0.39, 0.29) is 43.9 Å². The number of likely N-dealkylation sites (tertiary alicyclic amines) is 1. The van der Waals surface area contributed by atoms with Crippen LogP contribution in [0.2, 0.25) is 5.02 Å². The van der Waals surface area contributed by atoms with Gasteiger partial charge in [-0.15, -0.1) is 13.2 Å². The standard InChI is InChI=1S/C38H46ClN3O7/c1-5-7-13-31(44)48-23-29(25-11-9-8-10-12-25)40-35(45)32-30-18-19-38(49-30)33(32)36(46)42(28(22-43)21-24(3)4)34(38)37(47)41(20-6-2)27-16-14-26(39)15-17-27/h5-6,8-12,14-17,24,28-30,32-34,43H,1-2,7,13,18-23H2,3-4H3,(H,40,45)/t28-,29-,30-,32+,33+,34-,38+/m1/s1. The lowest BCUT2D eigenvalue weighted by atomic mass is 9.70. The third kappa shape index (κ3) is 7.32. The smallest absolute Gasteiger partial charge is 0.306 e. The molecule has 3 aliphatic rings. The summed E-state index contributed by atoms with van der Waals surface area (Å²) in [6.45, 7) is 11.2. The maximum Gasteiger partial charge on any atom is 0.306 e. The van der Waals surface area contributed by atoms with E-state index in [1.54, 1.807) is 41.3 Å². The van der Waals surface area contributed by atoms with Crippen molar-refractivity contribution in [2.45, 2.75) is 75.8 Å². The molecule has 49 heavy (non-hydrogen) atoms. The van der Waals surface area contributed by atoms with Crippen LogP contribution in [0.1, 0.15) is 57.6 Å². The molecule has 0 aliphatic carbocycles. The number of benzene rings is 2. The number of ether oxygens (including phenoxy) is 2. The van der Waals surface area contributed by atoms with E-state index in [0.29, 0.717) is 36.4 Å². The Morgan fingerprint density at radius 1 is 1.14 bits per heavy atom. The van der Waals surface area contributed by atoms with E-state index in [4.69, 9.17) is 21.1 Å². The lowest BCUT2D eigenvalue weighted by Gasteiger charge is -2.39. The third-order valence-electron chi connectivity index (χ3n) is 9.82. The van der Waals surface area contributed by atoms with Crippen molar-refractivity contribution in [2.24, 2.45) is 17.8 Å². The number of allylic oxidation sites excluding steroid dienone is 1. The molecule has 7 atom stereocenters. The number of aliphatic hydroxyl groups is 1. The topological polar surface area (TPSA) is 125 Å². The normalized spacial score (nSPS) is 25.1. The maximum absolute atomic E-state index is 14.8. The van der Waals surface area contributed by atoms with Gasteiger partial charge in [-0.3, -0.25) is 19.2 Å². The van der Waals surface area contributed by atoms with Gasteiger partial charge in [0.1, 0.15) is 18.2 Å². The van der Waals surface area contributed by atoms with Crippen molar-refractivity contribution in [1.82, 2.24) is 10.2 Å². The zero-order chi connectivity index (χ0) is 35.3. The fraction of sp³-hybridized carbons (Fsp3) is 0.474. The highest BCUT2D eigenvalue weighted by atomic mass is 35.5. The number of fused-ring (bicyclic) bond motifs is 1. The quantitative estimate of drug-likeness (QED) is 0.187. The van der Waals surface area contributed by atoms with Gasteiger partial charge < -0.3 is 29.7 Å². The van der Waals surface area contributed by atoms with Crippen LogP contribution < -0.4 is 10.2 Å². The minimum absolute atomic E-state index is 0.0977. The number of carbonyl (C=O) groups is 4. The first kappa shape index (κ1) is 36.3. The number of esters is 1. The molecule has 2 bridgehead atoms. The summed E-state index contributed by atoms with van der Waals surface area (Å²) >= 11 is 6.16. The third-order valence-corrected chi connectivity index (χ3v) is 10.1. The summed E-state index contributed by atoms with van der Waals surface area (Å²) in [5.41, 5.74) is 0.0243. The number of rotatable bonds is 16. The number of hydrogen-bond donors (Lipinski definition) is 2. The van der Waals surface area contributed by atoms with Gasteiger partial charge >= 0.3 is 5.97 Å². The predicted molar refractivity (Wildman–Crippen MR) is 186 cm³/mol. The largest absolute Gasteiger partial charge is 0.463 e. The Labute approximate surface area is 293 Å². The number of hydrogen-bond acceptors (Lipinski definition) is 7. The monoisotopic (exact) mass is 691 g/mol. The summed E-state index contributed by atoms with van der Waals surface area (Å²) in [5, 5.41) is 14.2.